The molecule has 61 valence electrons. The molecule has 0 unspecified atom stereocenters. The quantitative estimate of drug-likeness (QED) is 0.392. The van der Waals surface area contributed by atoms with Gasteiger partial charge in [0.1, 0.15) is 0 Å². The van der Waals surface area contributed by atoms with Crippen LogP contribution in [0.5, 0.6) is 0 Å². The van der Waals surface area contributed by atoms with Gasteiger partial charge in [-0.2, -0.15) is 4.83 Å². The minimum atomic E-state index is -3.47. The molecular weight excluding hydrogens is 203 g/mol. The molecule has 0 saturated heterocycles. The van der Waals surface area contributed by atoms with Crippen LogP contribution in [-0.4, -0.2) is 59.8 Å². The molecule has 1 radical (unpaired) electrons. The minimum absolute atomic E-state index is 0. The molecule has 0 bridgehead atoms. The number of hydrogen-bond donors (Lipinski definition) is 2. The Labute approximate surface area is 114 Å². The maximum absolute atomic E-state index is 11.0. The molecular formula is C6H8KN2O2S. The molecule has 0 aromatic heterocycles. The smallest absolute Gasteiger partial charge is 0.253 e. The zero-order valence-corrected chi connectivity index (χ0v) is 10.6. The van der Waals surface area contributed by atoms with Crippen LogP contribution in [0.3, 0.4) is 0 Å². The van der Waals surface area contributed by atoms with Gasteiger partial charge >= 0.3 is 0 Å². The molecule has 0 fully saturated rings. The molecule has 0 aliphatic rings. The van der Waals surface area contributed by atoms with Crippen LogP contribution in [0.2, 0.25) is 0 Å². The zero-order chi connectivity index (χ0) is 8.32. The topological polar surface area (TPSA) is 72.2 Å². The first-order valence-electron chi connectivity index (χ1n) is 2.94. The third kappa shape index (κ3) is 3.23. The first kappa shape index (κ1) is 12.7. The summed E-state index contributed by atoms with van der Waals surface area (Å²) in [5.41, 5.74) is 0. The van der Waals surface area contributed by atoms with Crippen molar-refractivity contribution in [1.82, 2.24) is 4.83 Å². The van der Waals surface area contributed by atoms with Crippen molar-refractivity contribution in [2.75, 3.05) is 0 Å². The van der Waals surface area contributed by atoms with Gasteiger partial charge in [0.05, 0.1) is 4.90 Å². The normalized spacial score (nSPS) is 10.4. The molecule has 1 aromatic carbocycles. The second-order valence-electron chi connectivity index (χ2n) is 1.93. The second-order valence-corrected chi connectivity index (χ2v) is 3.65. The van der Waals surface area contributed by atoms with Crippen LogP contribution in [0, 0.1) is 0 Å². The Bertz CT molecular complexity index is 325. The van der Waals surface area contributed by atoms with Gasteiger partial charge in [-0.3, -0.25) is 5.84 Å². The summed E-state index contributed by atoms with van der Waals surface area (Å²) in [5.74, 6) is 4.80. The average molecular weight is 211 g/mol. The SMILES string of the molecule is NNS(=O)(=O)c1ccccc1.[K]. The molecule has 1 rings (SSSR count). The van der Waals surface area contributed by atoms with Gasteiger partial charge in [0.25, 0.3) is 10.0 Å². The molecule has 0 spiro atoms. The van der Waals surface area contributed by atoms with E-state index in [1.54, 1.807) is 23.0 Å². The number of hydrazine groups is 1. The monoisotopic (exact) mass is 211 g/mol. The molecule has 0 amide bonds. The van der Waals surface area contributed by atoms with Gasteiger partial charge in [0, 0.05) is 51.4 Å². The summed E-state index contributed by atoms with van der Waals surface area (Å²) >= 11 is 0. The number of rotatable bonds is 2. The van der Waals surface area contributed by atoms with Crippen molar-refractivity contribution < 1.29 is 8.42 Å². The molecule has 0 heterocycles. The second kappa shape index (κ2) is 5.46. The van der Waals surface area contributed by atoms with Crippen LogP contribution in [0.25, 0.3) is 0 Å². The van der Waals surface area contributed by atoms with Crippen LogP contribution < -0.4 is 10.7 Å². The summed E-state index contributed by atoms with van der Waals surface area (Å²) in [6, 6.07) is 7.92. The maximum atomic E-state index is 11.0. The zero-order valence-electron chi connectivity index (χ0n) is 6.69. The molecule has 0 aliphatic heterocycles. The fraction of sp³-hybridized carbons (Fsp3) is 0. The predicted molar refractivity (Wildman–Crippen MR) is 46.7 cm³/mol. The third-order valence-electron chi connectivity index (χ3n) is 1.21. The number of benzene rings is 1. The fourth-order valence-electron chi connectivity index (χ4n) is 0.668. The van der Waals surface area contributed by atoms with Crippen molar-refractivity contribution in [2.24, 2.45) is 5.84 Å². The van der Waals surface area contributed by atoms with Crippen LogP contribution in [0.15, 0.2) is 35.2 Å². The molecule has 0 atom stereocenters. The number of nitrogens with one attached hydrogen (secondary N) is 1. The van der Waals surface area contributed by atoms with Crippen molar-refractivity contribution in [2.45, 2.75) is 4.90 Å². The standard InChI is InChI=1S/C6H8N2O2S.K/c7-8-11(9,10)6-4-2-1-3-5-6;/h1-5,8H,7H2;. The minimum Gasteiger partial charge on any atom is -0.257 e. The van der Waals surface area contributed by atoms with Crippen molar-refractivity contribution in [3.05, 3.63) is 30.3 Å². The van der Waals surface area contributed by atoms with E-state index in [0.717, 1.165) is 0 Å². The van der Waals surface area contributed by atoms with Gasteiger partial charge in [-0.1, -0.05) is 18.2 Å². The number of nitrogens with two attached hydrogens (primary N) is 1. The Morgan fingerprint density at radius 3 is 2.08 bits per heavy atom. The Kier molecular flexibility index (Phi) is 5.79. The summed E-state index contributed by atoms with van der Waals surface area (Å²) < 4.78 is 21.9. The van der Waals surface area contributed by atoms with Gasteiger partial charge in [0.15, 0.2) is 0 Å². The van der Waals surface area contributed by atoms with E-state index >= 15 is 0 Å². The van der Waals surface area contributed by atoms with E-state index in [2.05, 4.69) is 0 Å². The summed E-state index contributed by atoms with van der Waals surface area (Å²) in [4.78, 5) is 1.90. The summed E-state index contributed by atoms with van der Waals surface area (Å²) in [7, 11) is -3.47. The predicted octanol–water partition coefficient (Wildman–Crippen LogP) is -0.542. The molecule has 3 N–H and O–H groups in total. The summed E-state index contributed by atoms with van der Waals surface area (Å²) in [6.07, 6.45) is 0. The molecule has 0 saturated carbocycles. The van der Waals surface area contributed by atoms with Crippen molar-refractivity contribution >= 4 is 61.4 Å². The fourth-order valence-corrected chi connectivity index (χ4v) is 1.32. The van der Waals surface area contributed by atoms with Crippen molar-refractivity contribution in [3.63, 3.8) is 0 Å². The van der Waals surface area contributed by atoms with Crippen LogP contribution in [-0.2, 0) is 10.0 Å². The van der Waals surface area contributed by atoms with Crippen LogP contribution >= 0.6 is 0 Å². The molecule has 6 heteroatoms. The van der Waals surface area contributed by atoms with E-state index in [1.165, 1.54) is 12.1 Å². The molecule has 0 aliphatic carbocycles. The van der Waals surface area contributed by atoms with E-state index in [-0.39, 0.29) is 56.3 Å². The van der Waals surface area contributed by atoms with E-state index in [1.807, 2.05) is 0 Å². The van der Waals surface area contributed by atoms with Gasteiger partial charge in [-0.15, -0.1) is 0 Å². The van der Waals surface area contributed by atoms with E-state index in [4.69, 9.17) is 5.84 Å². The summed E-state index contributed by atoms with van der Waals surface area (Å²) in [5, 5.41) is 0. The van der Waals surface area contributed by atoms with Crippen LogP contribution in [0.4, 0.5) is 0 Å². The van der Waals surface area contributed by atoms with Gasteiger partial charge < -0.3 is 0 Å². The first-order valence-corrected chi connectivity index (χ1v) is 4.42. The van der Waals surface area contributed by atoms with Crippen molar-refractivity contribution in [3.8, 4) is 0 Å². The van der Waals surface area contributed by atoms with Crippen LogP contribution in [0.1, 0.15) is 0 Å². The summed E-state index contributed by atoms with van der Waals surface area (Å²) in [6.45, 7) is 0. The largest absolute Gasteiger partial charge is 0.257 e. The van der Waals surface area contributed by atoms with Gasteiger partial charge in [0.2, 0.25) is 0 Å². The Morgan fingerprint density at radius 1 is 1.17 bits per heavy atom. The molecule has 12 heavy (non-hydrogen) atoms. The Hall–Kier alpha value is 0.726. The van der Waals surface area contributed by atoms with Gasteiger partial charge in [-0.05, 0) is 12.1 Å². The van der Waals surface area contributed by atoms with Gasteiger partial charge in [-0.25, -0.2) is 8.42 Å². The molecule has 1 aromatic rings. The number of sulfonamides is 1. The van der Waals surface area contributed by atoms with E-state index in [9.17, 15) is 8.42 Å². The number of hydrogen-bond acceptors (Lipinski definition) is 3. The average Bonchev–Trinajstić information content (AvgIpc) is 2.06. The Morgan fingerprint density at radius 2 is 1.67 bits per heavy atom. The van der Waals surface area contributed by atoms with Crippen molar-refractivity contribution in [1.29, 1.82) is 0 Å². The third-order valence-corrected chi connectivity index (χ3v) is 2.41. The van der Waals surface area contributed by atoms with E-state index < -0.39 is 10.0 Å². The maximum Gasteiger partial charge on any atom is 0.253 e. The molecule has 4 nitrogen and oxygen atoms in total. The Balaban J connectivity index is 0.00000121. The van der Waals surface area contributed by atoms with E-state index in [0.29, 0.717) is 0 Å². The first-order chi connectivity index (χ1) is 5.17.